The molecule has 1 amide bonds. The van der Waals surface area contributed by atoms with Crippen LogP contribution in [0.15, 0.2) is 83.9 Å². The molecule has 1 N–H and O–H groups in total. The smallest absolute Gasteiger partial charge is 0.264 e. The van der Waals surface area contributed by atoms with Gasteiger partial charge in [-0.1, -0.05) is 50.2 Å². The Kier molecular flexibility index (Phi) is 6.41. The van der Waals surface area contributed by atoms with E-state index in [0.717, 1.165) is 9.87 Å². The normalized spacial score (nSPS) is 11.6. The molecule has 9 heteroatoms. The zero-order valence-corrected chi connectivity index (χ0v) is 19.2. The van der Waals surface area contributed by atoms with Crippen molar-refractivity contribution >= 4 is 27.3 Å². The number of aromatic nitrogens is 3. The van der Waals surface area contributed by atoms with Gasteiger partial charge in [0.25, 0.3) is 10.0 Å². The van der Waals surface area contributed by atoms with E-state index in [4.69, 9.17) is 0 Å². The van der Waals surface area contributed by atoms with E-state index < -0.39 is 15.9 Å². The monoisotopic (exact) mass is 463 g/mol. The van der Waals surface area contributed by atoms with Crippen LogP contribution in [-0.2, 0) is 21.4 Å². The van der Waals surface area contributed by atoms with Crippen LogP contribution in [0.4, 0.5) is 5.69 Å². The standard InChI is InChI=1S/C24H25N5O3S/c1-18(2)19-11-13-20(14-12-19)29(33(31,32)21-8-4-3-5-9-21)17-24(30)25-16-23-27-26-22-10-6-7-15-28(22)23/h3-15,18H,16-17H2,1-2H3,(H,25,30). The Bertz CT molecular complexity index is 1350. The number of fused-ring (bicyclic) bond motifs is 1. The van der Waals surface area contributed by atoms with Crippen molar-refractivity contribution in [3.05, 3.63) is 90.4 Å². The molecule has 0 atom stereocenters. The molecule has 0 unspecified atom stereocenters. The number of hydrogen-bond acceptors (Lipinski definition) is 5. The highest BCUT2D eigenvalue weighted by molar-refractivity contribution is 7.92. The second-order valence-electron chi connectivity index (χ2n) is 7.89. The maximum atomic E-state index is 13.4. The van der Waals surface area contributed by atoms with E-state index in [2.05, 4.69) is 29.4 Å². The van der Waals surface area contributed by atoms with Crippen molar-refractivity contribution in [2.45, 2.75) is 31.2 Å². The number of pyridine rings is 1. The lowest BCUT2D eigenvalue weighted by Gasteiger charge is -2.24. The first kappa shape index (κ1) is 22.5. The lowest BCUT2D eigenvalue weighted by molar-refractivity contribution is -0.119. The Morgan fingerprint density at radius 2 is 1.67 bits per heavy atom. The van der Waals surface area contributed by atoms with Crippen LogP contribution in [0.3, 0.4) is 0 Å². The summed E-state index contributed by atoms with van der Waals surface area (Å²) >= 11 is 0. The molecule has 0 fully saturated rings. The Balaban J connectivity index is 1.58. The largest absolute Gasteiger partial charge is 0.347 e. The van der Waals surface area contributed by atoms with E-state index in [0.29, 0.717) is 23.1 Å². The summed E-state index contributed by atoms with van der Waals surface area (Å²) in [6.45, 7) is 3.88. The second kappa shape index (κ2) is 9.41. The summed E-state index contributed by atoms with van der Waals surface area (Å²) in [5, 5.41) is 10.9. The maximum Gasteiger partial charge on any atom is 0.264 e. The Morgan fingerprint density at radius 1 is 0.970 bits per heavy atom. The van der Waals surface area contributed by atoms with Crippen molar-refractivity contribution in [3.8, 4) is 0 Å². The molecule has 0 aliphatic carbocycles. The van der Waals surface area contributed by atoms with E-state index >= 15 is 0 Å². The predicted octanol–water partition coefficient (Wildman–Crippen LogP) is 3.36. The Morgan fingerprint density at radius 3 is 2.36 bits per heavy atom. The predicted molar refractivity (Wildman–Crippen MR) is 126 cm³/mol. The number of sulfonamides is 1. The number of carbonyl (C=O) groups excluding carboxylic acids is 1. The number of hydrogen-bond donors (Lipinski definition) is 1. The van der Waals surface area contributed by atoms with Crippen molar-refractivity contribution in [3.63, 3.8) is 0 Å². The first-order chi connectivity index (χ1) is 15.9. The van der Waals surface area contributed by atoms with Crippen LogP contribution in [0.1, 0.15) is 31.2 Å². The minimum atomic E-state index is -3.95. The Hall–Kier alpha value is -3.72. The number of rotatable bonds is 8. The average Bonchev–Trinajstić information content (AvgIpc) is 3.25. The fraction of sp³-hybridized carbons (Fsp3) is 0.208. The summed E-state index contributed by atoms with van der Waals surface area (Å²) in [6, 6.07) is 20.8. The number of carbonyl (C=O) groups is 1. The van der Waals surface area contributed by atoms with Gasteiger partial charge < -0.3 is 5.32 Å². The van der Waals surface area contributed by atoms with Crippen molar-refractivity contribution in [1.82, 2.24) is 19.9 Å². The van der Waals surface area contributed by atoms with Gasteiger partial charge in [0.1, 0.15) is 6.54 Å². The molecule has 2 heterocycles. The topological polar surface area (TPSA) is 96.7 Å². The first-order valence-electron chi connectivity index (χ1n) is 10.6. The van der Waals surface area contributed by atoms with E-state index in [1.165, 1.54) is 12.1 Å². The molecule has 2 aromatic heterocycles. The lowest BCUT2D eigenvalue weighted by Crippen LogP contribution is -2.40. The summed E-state index contributed by atoms with van der Waals surface area (Å²) in [7, 11) is -3.95. The highest BCUT2D eigenvalue weighted by Gasteiger charge is 2.27. The van der Waals surface area contributed by atoms with Crippen molar-refractivity contribution in [2.75, 3.05) is 10.8 Å². The molecule has 8 nitrogen and oxygen atoms in total. The average molecular weight is 464 g/mol. The molecule has 0 aliphatic heterocycles. The molecule has 0 spiro atoms. The molecule has 4 rings (SSSR count). The molecule has 0 bridgehead atoms. The summed E-state index contributed by atoms with van der Waals surface area (Å²) in [5.41, 5.74) is 2.17. The fourth-order valence-corrected chi connectivity index (χ4v) is 4.88. The minimum Gasteiger partial charge on any atom is -0.347 e. The molecule has 0 saturated carbocycles. The molecular weight excluding hydrogens is 438 g/mol. The minimum absolute atomic E-state index is 0.120. The second-order valence-corrected chi connectivity index (χ2v) is 9.76. The molecule has 33 heavy (non-hydrogen) atoms. The zero-order valence-electron chi connectivity index (χ0n) is 18.4. The van der Waals surface area contributed by atoms with Crippen molar-refractivity contribution in [1.29, 1.82) is 0 Å². The third-order valence-corrected chi connectivity index (χ3v) is 7.08. The van der Waals surface area contributed by atoms with Gasteiger partial charge in [-0.2, -0.15) is 0 Å². The van der Waals surface area contributed by atoms with Crippen LogP contribution >= 0.6 is 0 Å². The lowest BCUT2D eigenvalue weighted by atomic mass is 10.0. The van der Waals surface area contributed by atoms with Crippen molar-refractivity contribution < 1.29 is 13.2 Å². The van der Waals surface area contributed by atoms with Crippen LogP contribution in [0.5, 0.6) is 0 Å². The summed E-state index contributed by atoms with van der Waals surface area (Å²) in [4.78, 5) is 13.0. The molecule has 0 aliphatic rings. The number of amides is 1. The summed E-state index contributed by atoms with van der Waals surface area (Å²) < 4.78 is 29.7. The third kappa shape index (κ3) is 4.88. The summed E-state index contributed by atoms with van der Waals surface area (Å²) in [6.07, 6.45) is 1.80. The number of anilines is 1. The fourth-order valence-electron chi connectivity index (χ4n) is 3.44. The van der Waals surface area contributed by atoms with Gasteiger partial charge in [0.05, 0.1) is 17.1 Å². The molecule has 0 radical (unpaired) electrons. The highest BCUT2D eigenvalue weighted by atomic mass is 32.2. The molecule has 2 aromatic carbocycles. The van der Waals surface area contributed by atoms with Crippen LogP contribution in [0.2, 0.25) is 0 Å². The van der Waals surface area contributed by atoms with Gasteiger partial charge in [-0.25, -0.2) is 8.42 Å². The van der Waals surface area contributed by atoms with Crippen molar-refractivity contribution in [2.24, 2.45) is 0 Å². The van der Waals surface area contributed by atoms with Crippen LogP contribution in [-0.4, -0.2) is 35.5 Å². The highest BCUT2D eigenvalue weighted by Crippen LogP contribution is 2.25. The van der Waals surface area contributed by atoms with Crippen LogP contribution < -0.4 is 9.62 Å². The van der Waals surface area contributed by atoms with Gasteiger partial charge in [-0.05, 0) is 47.9 Å². The SMILES string of the molecule is CC(C)c1ccc(N(CC(=O)NCc2nnc3ccccn23)S(=O)(=O)c2ccccc2)cc1. The van der Waals surface area contributed by atoms with Crippen LogP contribution in [0.25, 0.3) is 5.65 Å². The number of benzene rings is 2. The van der Waals surface area contributed by atoms with E-state index in [9.17, 15) is 13.2 Å². The van der Waals surface area contributed by atoms with Gasteiger partial charge >= 0.3 is 0 Å². The molecular formula is C24H25N5O3S. The summed E-state index contributed by atoms with van der Waals surface area (Å²) in [5.74, 6) is 0.410. The first-order valence-corrected chi connectivity index (χ1v) is 12.0. The molecule has 170 valence electrons. The van der Waals surface area contributed by atoms with E-state index in [1.54, 1.807) is 40.9 Å². The molecule has 0 saturated heterocycles. The maximum absolute atomic E-state index is 13.4. The Labute approximate surface area is 192 Å². The number of nitrogens with zero attached hydrogens (tertiary/aromatic N) is 4. The van der Waals surface area contributed by atoms with Gasteiger partial charge in [-0.15, -0.1) is 10.2 Å². The zero-order chi connectivity index (χ0) is 23.4. The van der Waals surface area contributed by atoms with Crippen LogP contribution in [0, 0.1) is 0 Å². The van der Waals surface area contributed by atoms with Gasteiger partial charge in [0.2, 0.25) is 5.91 Å². The molecule has 4 aromatic rings. The quantitative estimate of drug-likeness (QED) is 0.432. The van der Waals surface area contributed by atoms with Gasteiger partial charge in [0, 0.05) is 6.20 Å². The van der Waals surface area contributed by atoms with Gasteiger partial charge in [0.15, 0.2) is 11.5 Å². The van der Waals surface area contributed by atoms with Gasteiger partial charge in [-0.3, -0.25) is 13.5 Å². The number of nitrogens with one attached hydrogen (secondary N) is 1. The van der Waals surface area contributed by atoms with E-state index in [1.807, 2.05) is 30.3 Å². The third-order valence-electron chi connectivity index (χ3n) is 5.29. The van der Waals surface area contributed by atoms with E-state index in [-0.39, 0.29) is 18.0 Å².